The van der Waals surface area contributed by atoms with E-state index in [0.29, 0.717) is 27.4 Å². The lowest BCUT2D eigenvalue weighted by molar-refractivity contribution is 0.0952. The number of rotatable bonds is 6. The van der Waals surface area contributed by atoms with E-state index in [1.165, 1.54) is 18.3 Å². The molecular weight excluding hydrogens is 444 g/mol. The number of nitrogens with zero attached hydrogens (tertiary/aromatic N) is 1. The Morgan fingerprint density at radius 1 is 1.14 bits per heavy atom. The number of phenols is 1. The summed E-state index contributed by atoms with van der Waals surface area (Å²) in [5, 5.41) is 14.4. The van der Waals surface area contributed by atoms with E-state index < -0.39 is 5.91 Å². The van der Waals surface area contributed by atoms with Gasteiger partial charge in [0.1, 0.15) is 18.1 Å². The summed E-state index contributed by atoms with van der Waals surface area (Å²) in [5.41, 5.74) is 4.08. The van der Waals surface area contributed by atoms with E-state index in [1.807, 2.05) is 36.4 Å². The van der Waals surface area contributed by atoms with Crippen LogP contribution in [0, 0.1) is 0 Å². The summed E-state index contributed by atoms with van der Waals surface area (Å²) in [6, 6.07) is 19.3. The smallest absolute Gasteiger partial charge is 0.275 e. The third-order valence-electron chi connectivity index (χ3n) is 3.83. The molecule has 0 spiro atoms. The van der Waals surface area contributed by atoms with Crippen LogP contribution >= 0.6 is 27.5 Å². The predicted octanol–water partition coefficient (Wildman–Crippen LogP) is 5.15. The molecule has 3 aromatic carbocycles. The number of halogens is 2. The molecule has 0 aliphatic heterocycles. The number of carbonyl (C=O) groups excluding carboxylic acids is 1. The normalized spacial score (nSPS) is 10.8. The van der Waals surface area contributed by atoms with Crippen molar-refractivity contribution in [3.63, 3.8) is 0 Å². The molecular formula is C21H16BrClN2O3. The maximum absolute atomic E-state index is 12.2. The number of nitrogens with one attached hydrogen (secondary N) is 1. The molecule has 5 nitrogen and oxygen atoms in total. The second-order valence-corrected chi connectivity index (χ2v) is 7.10. The van der Waals surface area contributed by atoms with Gasteiger partial charge in [-0.05, 0) is 36.4 Å². The summed E-state index contributed by atoms with van der Waals surface area (Å²) in [7, 11) is 0. The lowest BCUT2D eigenvalue weighted by Crippen LogP contribution is -2.17. The zero-order valence-corrected chi connectivity index (χ0v) is 16.9. The summed E-state index contributed by atoms with van der Waals surface area (Å²) in [6.07, 6.45) is 1.48. The molecule has 0 unspecified atom stereocenters. The van der Waals surface area contributed by atoms with Gasteiger partial charge in [-0.1, -0.05) is 57.9 Å². The maximum atomic E-state index is 12.2. The lowest BCUT2D eigenvalue weighted by atomic mass is 10.2. The molecule has 0 aromatic heterocycles. The van der Waals surface area contributed by atoms with Crippen LogP contribution in [0.2, 0.25) is 5.02 Å². The molecule has 3 aromatic rings. The van der Waals surface area contributed by atoms with E-state index in [-0.39, 0.29) is 11.3 Å². The van der Waals surface area contributed by atoms with Gasteiger partial charge >= 0.3 is 0 Å². The average Bonchev–Trinajstić information content (AvgIpc) is 2.70. The monoisotopic (exact) mass is 458 g/mol. The minimum atomic E-state index is -0.524. The third kappa shape index (κ3) is 5.12. The fourth-order valence-electron chi connectivity index (χ4n) is 2.40. The highest BCUT2D eigenvalue weighted by atomic mass is 79.9. The minimum Gasteiger partial charge on any atom is -0.507 e. The van der Waals surface area contributed by atoms with E-state index in [2.05, 4.69) is 26.5 Å². The quantitative estimate of drug-likeness (QED) is 0.395. The summed E-state index contributed by atoms with van der Waals surface area (Å²) < 4.78 is 6.52. The van der Waals surface area contributed by atoms with Gasteiger partial charge in [-0.2, -0.15) is 5.10 Å². The Balaban J connectivity index is 1.68. The van der Waals surface area contributed by atoms with Gasteiger partial charge in [0, 0.05) is 20.6 Å². The van der Waals surface area contributed by atoms with E-state index in [0.717, 1.165) is 5.56 Å². The van der Waals surface area contributed by atoms with Crippen molar-refractivity contribution in [1.82, 2.24) is 5.43 Å². The fraction of sp³-hybridized carbons (Fsp3) is 0.0476. The van der Waals surface area contributed by atoms with Gasteiger partial charge in [0.05, 0.1) is 11.8 Å². The first-order valence-corrected chi connectivity index (χ1v) is 9.49. The number of amides is 1. The van der Waals surface area contributed by atoms with Crippen LogP contribution in [0.3, 0.4) is 0 Å². The van der Waals surface area contributed by atoms with Gasteiger partial charge in [0.15, 0.2) is 0 Å². The topological polar surface area (TPSA) is 70.9 Å². The first-order valence-electron chi connectivity index (χ1n) is 8.32. The van der Waals surface area contributed by atoms with Crippen LogP contribution in [0.1, 0.15) is 21.5 Å². The van der Waals surface area contributed by atoms with Gasteiger partial charge in [0.2, 0.25) is 0 Å². The SMILES string of the molecule is O=C(N/N=C\c1ccccc1OCc1ccccc1Cl)c1cc(Br)ccc1O. The molecule has 0 fully saturated rings. The molecule has 0 radical (unpaired) electrons. The van der Waals surface area contributed by atoms with Gasteiger partial charge in [0.25, 0.3) is 5.91 Å². The van der Waals surface area contributed by atoms with Crippen LogP contribution in [-0.2, 0) is 6.61 Å². The summed E-state index contributed by atoms with van der Waals surface area (Å²) in [5.74, 6) is -0.0467. The second-order valence-electron chi connectivity index (χ2n) is 5.78. The van der Waals surface area contributed by atoms with Crippen molar-refractivity contribution in [3.8, 4) is 11.5 Å². The minimum absolute atomic E-state index is 0.120. The van der Waals surface area contributed by atoms with Crippen molar-refractivity contribution in [3.05, 3.63) is 92.9 Å². The maximum Gasteiger partial charge on any atom is 0.275 e. The largest absolute Gasteiger partial charge is 0.507 e. The van der Waals surface area contributed by atoms with Crippen molar-refractivity contribution in [1.29, 1.82) is 0 Å². The van der Waals surface area contributed by atoms with Crippen LogP contribution in [0.5, 0.6) is 11.5 Å². The number of benzene rings is 3. The first-order chi connectivity index (χ1) is 13.5. The van der Waals surface area contributed by atoms with Crippen LogP contribution < -0.4 is 10.2 Å². The number of hydrogen-bond donors (Lipinski definition) is 2. The zero-order chi connectivity index (χ0) is 19.9. The van der Waals surface area contributed by atoms with Crippen molar-refractivity contribution >= 4 is 39.7 Å². The average molecular weight is 460 g/mol. The predicted molar refractivity (Wildman–Crippen MR) is 113 cm³/mol. The molecule has 0 heterocycles. The highest BCUT2D eigenvalue weighted by Crippen LogP contribution is 2.22. The molecule has 0 aliphatic rings. The number of ether oxygens (including phenoxy) is 1. The number of para-hydroxylation sites is 1. The molecule has 0 saturated carbocycles. The second kappa shape index (κ2) is 9.39. The molecule has 28 heavy (non-hydrogen) atoms. The van der Waals surface area contributed by atoms with Crippen LogP contribution in [0.4, 0.5) is 0 Å². The van der Waals surface area contributed by atoms with Crippen LogP contribution in [-0.4, -0.2) is 17.2 Å². The van der Waals surface area contributed by atoms with Gasteiger partial charge in [-0.3, -0.25) is 4.79 Å². The molecule has 2 N–H and O–H groups in total. The van der Waals surface area contributed by atoms with E-state index in [4.69, 9.17) is 16.3 Å². The molecule has 7 heteroatoms. The van der Waals surface area contributed by atoms with Crippen LogP contribution in [0.25, 0.3) is 0 Å². The van der Waals surface area contributed by atoms with E-state index in [9.17, 15) is 9.90 Å². The molecule has 0 aliphatic carbocycles. The number of carbonyl (C=O) groups is 1. The fourth-order valence-corrected chi connectivity index (χ4v) is 2.95. The van der Waals surface area contributed by atoms with Gasteiger partial charge < -0.3 is 9.84 Å². The van der Waals surface area contributed by atoms with Gasteiger partial charge in [-0.25, -0.2) is 5.43 Å². The number of hydrogen-bond acceptors (Lipinski definition) is 4. The van der Waals surface area contributed by atoms with Crippen LogP contribution in [0.15, 0.2) is 76.3 Å². The van der Waals surface area contributed by atoms with E-state index >= 15 is 0 Å². The number of hydrazone groups is 1. The Bertz CT molecular complexity index is 1020. The lowest BCUT2D eigenvalue weighted by Gasteiger charge is -2.10. The Labute approximate surface area is 175 Å². The van der Waals surface area contributed by atoms with Crippen molar-refractivity contribution in [2.75, 3.05) is 0 Å². The first kappa shape index (κ1) is 19.9. The Morgan fingerprint density at radius 3 is 2.71 bits per heavy atom. The molecule has 1 amide bonds. The Kier molecular flexibility index (Phi) is 6.68. The summed E-state index contributed by atoms with van der Waals surface area (Å²) >= 11 is 9.42. The highest BCUT2D eigenvalue weighted by molar-refractivity contribution is 9.10. The molecule has 3 rings (SSSR count). The van der Waals surface area contributed by atoms with Crippen molar-refractivity contribution in [2.24, 2.45) is 5.10 Å². The molecule has 0 atom stereocenters. The zero-order valence-electron chi connectivity index (χ0n) is 14.6. The molecule has 0 bridgehead atoms. The van der Waals surface area contributed by atoms with E-state index in [1.54, 1.807) is 18.2 Å². The van der Waals surface area contributed by atoms with Crippen molar-refractivity contribution in [2.45, 2.75) is 6.61 Å². The third-order valence-corrected chi connectivity index (χ3v) is 4.69. The summed E-state index contributed by atoms with van der Waals surface area (Å²) in [4.78, 5) is 12.2. The van der Waals surface area contributed by atoms with Crippen molar-refractivity contribution < 1.29 is 14.6 Å². The Hall–Kier alpha value is -2.83. The summed E-state index contributed by atoms with van der Waals surface area (Å²) in [6.45, 7) is 0.308. The standard InChI is InChI=1S/C21H16BrClN2O3/c22-16-9-10-19(26)17(11-16)21(27)25-24-12-14-5-2-4-8-20(14)28-13-15-6-1-3-7-18(15)23/h1-12,26H,13H2,(H,25,27)/b24-12-. The Morgan fingerprint density at radius 2 is 1.89 bits per heavy atom. The number of aromatic hydroxyl groups is 1. The highest BCUT2D eigenvalue weighted by Gasteiger charge is 2.11. The van der Waals surface area contributed by atoms with Gasteiger partial charge in [-0.15, -0.1) is 0 Å². The number of phenolic OH excluding ortho intramolecular Hbond substituents is 1. The molecule has 0 saturated heterocycles. The molecule has 142 valence electrons.